The predicted molar refractivity (Wildman–Crippen MR) is 124 cm³/mol. The highest BCUT2D eigenvalue weighted by atomic mass is 16.5. The third-order valence-corrected chi connectivity index (χ3v) is 5.47. The van der Waals surface area contributed by atoms with E-state index in [9.17, 15) is 4.79 Å². The number of anilines is 1. The fourth-order valence-corrected chi connectivity index (χ4v) is 3.67. The first-order valence-corrected chi connectivity index (χ1v) is 10.9. The molecule has 1 aromatic carbocycles. The van der Waals surface area contributed by atoms with Gasteiger partial charge in [0, 0.05) is 50.4 Å². The van der Waals surface area contributed by atoms with Gasteiger partial charge in [0.1, 0.15) is 18.2 Å². The van der Waals surface area contributed by atoms with Crippen LogP contribution in [-0.2, 0) is 9.53 Å². The summed E-state index contributed by atoms with van der Waals surface area (Å²) in [6.45, 7) is 3.70. The number of amides is 1. The Kier molecular flexibility index (Phi) is 7.09. The minimum absolute atomic E-state index is 0.0309. The van der Waals surface area contributed by atoms with Gasteiger partial charge in [0.15, 0.2) is 0 Å². The van der Waals surface area contributed by atoms with Crippen LogP contribution in [0.25, 0.3) is 11.1 Å². The number of hydrogen-bond acceptors (Lipinski definition) is 8. The summed E-state index contributed by atoms with van der Waals surface area (Å²) >= 11 is 0. The van der Waals surface area contributed by atoms with Crippen LogP contribution >= 0.6 is 0 Å². The number of para-hydroxylation sites is 1. The first-order valence-electron chi connectivity index (χ1n) is 10.9. The standard InChI is InChI=1S/C24H28N6O3/c1-17-6-4-5-7-20(17)32-10-8-22(31)30-9-11-33-21(15-30)23-19(18-12-25-16-26-13-18)14-27-24(28-23)29(2)3/h4-7,12-14,16,21H,8-11,15H2,1-3H3/t21-/m0/s1. The molecule has 0 unspecified atom stereocenters. The highest BCUT2D eigenvalue weighted by Crippen LogP contribution is 2.31. The summed E-state index contributed by atoms with van der Waals surface area (Å²) in [4.78, 5) is 34.0. The number of nitrogens with zero attached hydrogens (tertiary/aromatic N) is 6. The van der Waals surface area contributed by atoms with Gasteiger partial charge in [-0.05, 0) is 18.6 Å². The highest BCUT2D eigenvalue weighted by Gasteiger charge is 2.29. The van der Waals surface area contributed by atoms with Crippen molar-refractivity contribution in [2.45, 2.75) is 19.4 Å². The quantitative estimate of drug-likeness (QED) is 0.545. The molecular weight excluding hydrogens is 420 g/mol. The van der Waals surface area contributed by atoms with Crippen molar-refractivity contribution >= 4 is 11.9 Å². The second kappa shape index (κ2) is 10.4. The van der Waals surface area contributed by atoms with Gasteiger partial charge in [-0.1, -0.05) is 18.2 Å². The van der Waals surface area contributed by atoms with E-state index in [0.29, 0.717) is 38.7 Å². The molecule has 3 aromatic rings. The van der Waals surface area contributed by atoms with Crippen molar-refractivity contribution in [2.24, 2.45) is 0 Å². The number of benzene rings is 1. The molecular formula is C24H28N6O3. The molecule has 0 saturated carbocycles. The minimum atomic E-state index is -0.378. The molecule has 0 radical (unpaired) electrons. The monoisotopic (exact) mass is 448 g/mol. The van der Waals surface area contributed by atoms with Gasteiger partial charge in [0.25, 0.3) is 0 Å². The van der Waals surface area contributed by atoms with Gasteiger partial charge in [-0.3, -0.25) is 4.79 Å². The molecule has 2 aromatic heterocycles. The van der Waals surface area contributed by atoms with Crippen molar-refractivity contribution in [1.29, 1.82) is 0 Å². The Hall–Kier alpha value is -3.59. The van der Waals surface area contributed by atoms with Gasteiger partial charge < -0.3 is 19.3 Å². The Morgan fingerprint density at radius 3 is 2.76 bits per heavy atom. The Bertz CT molecular complexity index is 1090. The maximum atomic E-state index is 12.9. The zero-order valence-corrected chi connectivity index (χ0v) is 19.1. The first kappa shape index (κ1) is 22.6. The minimum Gasteiger partial charge on any atom is -0.493 e. The lowest BCUT2D eigenvalue weighted by Crippen LogP contribution is -2.43. The van der Waals surface area contributed by atoms with E-state index >= 15 is 0 Å². The normalized spacial score (nSPS) is 15.8. The maximum Gasteiger partial charge on any atom is 0.226 e. The molecule has 1 atom stereocenters. The molecule has 1 fully saturated rings. The molecule has 1 saturated heterocycles. The molecule has 0 bridgehead atoms. The zero-order chi connectivity index (χ0) is 23.2. The smallest absolute Gasteiger partial charge is 0.226 e. The van der Waals surface area contributed by atoms with E-state index < -0.39 is 0 Å². The van der Waals surface area contributed by atoms with Gasteiger partial charge >= 0.3 is 0 Å². The fraction of sp³-hybridized carbons (Fsp3) is 0.375. The Labute approximate surface area is 193 Å². The van der Waals surface area contributed by atoms with Crippen LogP contribution in [0.5, 0.6) is 5.75 Å². The molecule has 1 amide bonds. The van der Waals surface area contributed by atoms with Gasteiger partial charge in [0.05, 0.1) is 31.9 Å². The number of morpholine rings is 1. The van der Waals surface area contributed by atoms with Crippen molar-refractivity contribution in [3.63, 3.8) is 0 Å². The van der Waals surface area contributed by atoms with E-state index in [1.165, 1.54) is 6.33 Å². The van der Waals surface area contributed by atoms with Crippen LogP contribution in [-0.4, -0.2) is 71.1 Å². The second-order valence-corrected chi connectivity index (χ2v) is 8.05. The Morgan fingerprint density at radius 2 is 2.00 bits per heavy atom. The largest absolute Gasteiger partial charge is 0.493 e. The van der Waals surface area contributed by atoms with Crippen LogP contribution in [0.1, 0.15) is 23.8 Å². The summed E-state index contributed by atoms with van der Waals surface area (Å²) in [5.74, 6) is 1.41. The highest BCUT2D eigenvalue weighted by molar-refractivity contribution is 5.76. The predicted octanol–water partition coefficient (Wildman–Crippen LogP) is 2.68. The van der Waals surface area contributed by atoms with E-state index in [-0.39, 0.29) is 12.0 Å². The lowest BCUT2D eigenvalue weighted by atomic mass is 10.0. The van der Waals surface area contributed by atoms with Crippen LogP contribution in [0.3, 0.4) is 0 Å². The third kappa shape index (κ3) is 5.43. The zero-order valence-electron chi connectivity index (χ0n) is 19.1. The molecule has 0 spiro atoms. The summed E-state index contributed by atoms with van der Waals surface area (Å²) < 4.78 is 11.9. The van der Waals surface area contributed by atoms with Crippen molar-refractivity contribution in [2.75, 3.05) is 45.3 Å². The average molecular weight is 449 g/mol. The Balaban J connectivity index is 1.48. The van der Waals surface area contributed by atoms with E-state index in [2.05, 4.69) is 15.0 Å². The molecule has 33 heavy (non-hydrogen) atoms. The van der Waals surface area contributed by atoms with E-state index in [4.69, 9.17) is 14.5 Å². The molecule has 172 valence electrons. The molecule has 0 N–H and O–H groups in total. The average Bonchev–Trinajstić information content (AvgIpc) is 2.85. The number of carbonyl (C=O) groups is 1. The van der Waals surface area contributed by atoms with Gasteiger partial charge in [-0.25, -0.2) is 19.9 Å². The topological polar surface area (TPSA) is 93.6 Å². The van der Waals surface area contributed by atoms with E-state index in [1.807, 2.05) is 55.1 Å². The van der Waals surface area contributed by atoms with Crippen molar-refractivity contribution in [1.82, 2.24) is 24.8 Å². The Morgan fingerprint density at radius 1 is 1.21 bits per heavy atom. The molecule has 9 nitrogen and oxygen atoms in total. The molecule has 9 heteroatoms. The van der Waals surface area contributed by atoms with Crippen molar-refractivity contribution in [3.05, 3.63) is 60.4 Å². The van der Waals surface area contributed by atoms with Crippen LogP contribution in [0, 0.1) is 6.92 Å². The lowest BCUT2D eigenvalue weighted by Gasteiger charge is -2.33. The first-order chi connectivity index (χ1) is 16.0. The van der Waals surface area contributed by atoms with Gasteiger partial charge in [-0.15, -0.1) is 0 Å². The summed E-state index contributed by atoms with van der Waals surface area (Å²) in [7, 11) is 3.77. The number of aromatic nitrogens is 4. The van der Waals surface area contributed by atoms with Gasteiger partial charge in [0.2, 0.25) is 11.9 Å². The molecule has 1 aliphatic rings. The summed E-state index contributed by atoms with van der Waals surface area (Å²) in [6.07, 6.45) is 6.61. The van der Waals surface area contributed by atoms with Gasteiger partial charge in [-0.2, -0.15) is 0 Å². The molecule has 0 aliphatic carbocycles. The lowest BCUT2D eigenvalue weighted by molar-refractivity contribution is -0.139. The number of ether oxygens (including phenoxy) is 2. The van der Waals surface area contributed by atoms with Crippen LogP contribution < -0.4 is 9.64 Å². The fourth-order valence-electron chi connectivity index (χ4n) is 3.67. The number of rotatable bonds is 7. The van der Waals surface area contributed by atoms with Crippen LogP contribution in [0.4, 0.5) is 5.95 Å². The number of aryl methyl sites for hydroxylation is 1. The summed E-state index contributed by atoms with van der Waals surface area (Å²) in [5, 5.41) is 0. The molecule has 1 aliphatic heterocycles. The van der Waals surface area contributed by atoms with Crippen molar-refractivity contribution in [3.8, 4) is 16.9 Å². The van der Waals surface area contributed by atoms with Crippen LogP contribution in [0.2, 0.25) is 0 Å². The molecule has 4 rings (SSSR count). The van der Waals surface area contributed by atoms with Crippen molar-refractivity contribution < 1.29 is 14.3 Å². The third-order valence-electron chi connectivity index (χ3n) is 5.47. The SMILES string of the molecule is Cc1ccccc1OCCC(=O)N1CCO[C@H](c2nc(N(C)C)ncc2-c2cncnc2)C1. The van der Waals surface area contributed by atoms with E-state index in [0.717, 1.165) is 28.1 Å². The molecule has 3 heterocycles. The number of hydrogen-bond donors (Lipinski definition) is 0. The summed E-state index contributed by atoms with van der Waals surface area (Å²) in [5.41, 5.74) is 3.37. The second-order valence-electron chi connectivity index (χ2n) is 8.05. The maximum absolute atomic E-state index is 12.9. The summed E-state index contributed by atoms with van der Waals surface area (Å²) in [6, 6.07) is 7.79. The van der Waals surface area contributed by atoms with E-state index in [1.54, 1.807) is 18.6 Å². The number of carbonyl (C=O) groups excluding carboxylic acids is 1. The van der Waals surface area contributed by atoms with Crippen LogP contribution in [0.15, 0.2) is 49.2 Å².